The van der Waals surface area contributed by atoms with E-state index in [1.165, 1.54) is 11.9 Å². The average molecular weight is 398 g/mol. The summed E-state index contributed by atoms with van der Waals surface area (Å²) in [5.41, 5.74) is 4.90. The van der Waals surface area contributed by atoms with Crippen molar-refractivity contribution in [1.82, 2.24) is 4.98 Å². The lowest BCUT2D eigenvalue weighted by atomic mass is 10.1. The molecule has 0 fully saturated rings. The second kappa shape index (κ2) is 8.13. The predicted octanol–water partition coefficient (Wildman–Crippen LogP) is 5.72. The van der Waals surface area contributed by atoms with Gasteiger partial charge in [-0.2, -0.15) is 5.26 Å². The van der Waals surface area contributed by atoms with Crippen molar-refractivity contribution in [3.05, 3.63) is 89.6 Å². The molecule has 1 aromatic heterocycles. The minimum Gasteiger partial charge on any atom is -0.358 e. The summed E-state index contributed by atoms with van der Waals surface area (Å²) in [5, 5.41) is 13.1. The fourth-order valence-electron chi connectivity index (χ4n) is 3.11. The fourth-order valence-corrected chi connectivity index (χ4v) is 3.78. The van der Waals surface area contributed by atoms with Gasteiger partial charge in [-0.15, -0.1) is 0 Å². The molecule has 0 aliphatic carbocycles. The highest BCUT2D eigenvalue weighted by Gasteiger charge is 2.10. The van der Waals surface area contributed by atoms with Crippen LogP contribution in [0.25, 0.3) is 10.9 Å². The number of nitriles is 1. The van der Waals surface area contributed by atoms with Crippen LogP contribution in [0.3, 0.4) is 0 Å². The van der Waals surface area contributed by atoms with E-state index in [4.69, 9.17) is 0 Å². The third kappa shape index (κ3) is 3.96. The summed E-state index contributed by atoms with van der Waals surface area (Å²) >= 11 is 1.47. The van der Waals surface area contributed by atoms with Gasteiger partial charge in [0.2, 0.25) is 0 Å². The number of amides is 1. The predicted molar refractivity (Wildman–Crippen MR) is 118 cm³/mol. The van der Waals surface area contributed by atoms with Gasteiger partial charge < -0.3 is 15.0 Å². The van der Waals surface area contributed by atoms with Crippen LogP contribution in [-0.4, -0.2) is 10.9 Å². The number of fused-ring (bicyclic) bond motifs is 1. The van der Waals surface area contributed by atoms with Gasteiger partial charge in [-0.25, -0.2) is 0 Å². The number of aromatic nitrogens is 1. The summed E-state index contributed by atoms with van der Waals surface area (Å²) in [7, 11) is 0. The van der Waals surface area contributed by atoms with E-state index >= 15 is 0 Å². The van der Waals surface area contributed by atoms with Gasteiger partial charge in [0.1, 0.15) is 6.07 Å². The number of carbonyl (C=O) groups excluding carboxylic acids is 1. The molecular weight excluding hydrogens is 380 g/mol. The molecule has 3 aromatic carbocycles. The lowest BCUT2D eigenvalue weighted by molar-refractivity contribution is 0.102. The Morgan fingerprint density at radius 3 is 2.52 bits per heavy atom. The number of H-pyrrole nitrogens is 1. The van der Waals surface area contributed by atoms with Crippen LogP contribution in [0.15, 0.2) is 77.8 Å². The molecule has 29 heavy (non-hydrogen) atoms. The summed E-state index contributed by atoms with van der Waals surface area (Å²) in [5.74, 6) is -0.133. The van der Waals surface area contributed by atoms with E-state index < -0.39 is 0 Å². The maximum atomic E-state index is 12.2. The Balaban J connectivity index is 1.44. The molecule has 5 nitrogen and oxygen atoms in total. The maximum absolute atomic E-state index is 12.2. The number of hydrogen-bond acceptors (Lipinski definition) is 4. The van der Waals surface area contributed by atoms with Gasteiger partial charge >= 0.3 is 0 Å². The van der Waals surface area contributed by atoms with E-state index in [0.29, 0.717) is 11.1 Å². The van der Waals surface area contributed by atoms with Crippen molar-refractivity contribution in [2.75, 3.05) is 10.0 Å². The van der Waals surface area contributed by atoms with Crippen LogP contribution in [0.4, 0.5) is 11.4 Å². The van der Waals surface area contributed by atoms with Crippen LogP contribution in [0.5, 0.6) is 0 Å². The van der Waals surface area contributed by atoms with E-state index in [1.54, 1.807) is 18.3 Å². The first-order valence-electron chi connectivity index (χ1n) is 9.06. The molecule has 3 N–H and O–H groups in total. The second-order valence-electron chi connectivity index (χ2n) is 6.54. The van der Waals surface area contributed by atoms with Crippen molar-refractivity contribution < 1.29 is 4.79 Å². The highest BCUT2D eigenvalue weighted by Crippen LogP contribution is 2.31. The molecule has 4 rings (SSSR count). The molecule has 0 aliphatic heterocycles. The fraction of sp³-hybridized carbons (Fsp3) is 0.0435. The van der Waals surface area contributed by atoms with E-state index in [1.807, 2.05) is 61.5 Å². The number of nitrogens with one attached hydrogen (secondary N) is 3. The monoisotopic (exact) mass is 398 g/mol. The van der Waals surface area contributed by atoms with Gasteiger partial charge in [-0.1, -0.05) is 24.3 Å². The number of aryl methyl sites for hydroxylation is 1. The Kier molecular flexibility index (Phi) is 5.23. The van der Waals surface area contributed by atoms with E-state index in [-0.39, 0.29) is 5.91 Å². The molecule has 0 bridgehead atoms. The largest absolute Gasteiger partial charge is 0.358 e. The van der Waals surface area contributed by atoms with Crippen LogP contribution >= 0.6 is 11.9 Å². The van der Waals surface area contributed by atoms with Crippen molar-refractivity contribution in [1.29, 1.82) is 5.26 Å². The molecule has 142 valence electrons. The highest BCUT2D eigenvalue weighted by atomic mass is 32.2. The van der Waals surface area contributed by atoms with Crippen LogP contribution in [0, 0.1) is 18.3 Å². The first-order chi connectivity index (χ1) is 14.2. The van der Waals surface area contributed by atoms with Crippen LogP contribution in [0.1, 0.15) is 21.5 Å². The lowest BCUT2D eigenvalue weighted by Gasteiger charge is -2.09. The molecule has 0 aliphatic rings. The number of aromatic amines is 1. The molecule has 0 saturated carbocycles. The van der Waals surface area contributed by atoms with Gasteiger partial charge in [-0.3, -0.25) is 4.79 Å². The Hall–Kier alpha value is -3.69. The van der Waals surface area contributed by atoms with Gasteiger partial charge in [0.15, 0.2) is 0 Å². The third-order valence-electron chi connectivity index (χ3n) is 4.59. The van der Waals surface area contributed by atoms with Crippen molar-refractivity contribution in [2.24, 2.45) is 0 Å². The molecule has 1 amide bonds. The number of hydrogen-bond donors (Lipinski definition) is 3. The summed E-state index contributed by atoms with van der Waals surface area (Å²) < 4.78 is 3.34. The number of rotatable bonds is 5. The average Bonchev–Trinajstić information content (AvgIpc) is 3.20. The molecule has 0 atom stereocenters. The molecule has 6 heteroatoms. The SMILES string of the molecule is Cc1ccc(NSc2ccc(NC(=O)c3ccccc3)cc2)c2[nH]cc(C#N)c12. The summed E-state index contributed by atoms with van der Waals surface area (Å²) in [4.78, 5) is 16.4. The first kappa shape index (κ1) is 18.7. The zero-order valence-electron chi connectivity index (χ0n) is 15.7. The zero-order valence-corrected chi connectivity index (χ0v) is 16.5. The smallest absolute Gasteiger partial charge is 0.255 e. The maximum Gasteiger partial charge on any atom is 0.255 e. The summed E-state index contributed by atoms with van der Waals surface area (Å²) in [6.45, 7) is 2.00. The van der Waals surface area contributed by atoms with Crippen LogP contribution in [0.2, 0.25) is 0 Å². The van der Waals surface area contributed by atoms with Gasteiger partial charge in [0.05, 0.1) is 16.8 Å². The highest BCUT2D eigenvalue weighted by molar-refractivity contribution is 8.00. The van der Waals surface area contributed by atoms with Crippen molar-refractivity contribution in [3.63, 3.8) is 0 Å². The molecule has 0 unspecified atom stereocenters. The molecule has 4 aromatic rings. The Morgan fingerprint density at radius 2 is 1.79 bits per heavy atom. The number of benzene rings is 3. The summed E-state index contributed by atoms with van der Waals surface area (Å²) in [6, 6.07) is 23.0. The lowest BCUT2D eigenvalue weighted by Crippen LogP contribution is -2.11. The van der Waals surface area contributed by atoms with E-state index in [2.05, 4.69) is 21.1 Å². The quantitative estimate of drug-likeness (QED) is 0.376. The number of anilines is 2. The normalized spacial score (nSPS) is 10.5. The van der Waals surface area contributed by atoms with Crippen molar-refractivity contribution >= 4 is 40.1 Å². The molecule has 0 saturated heterocycles. The standard InChI is InChI=1S/C23H18N4OS/c1-15-7-12-20(22-21(15)17(13-24)14-25-22)27-29-19-10-8-18(9-11-19)26-23(28)16-5-3-2-4-6-16/h2-12,14,25,27H,1H3,(H,26,28). The zero-order chi connectivity index (χ0) is 20.2. The second-order valence-corrected chi connectivity index (χ2v) is 7.42. The summed E-state index contributed by atoms with van der Waals surface area (Å²) in [6.07, 6.45) is 1.73. The molecule has 0 spiro atoms. The molecular formula is C23H18N4OS. The van der Waals surface area contributed by atoms with Gasteiger partial charge in [0, 0.05) is 27.7 Å². The Morgan fingerprint density at radius 1 is 1.03 bits per heavy atom. The first-order valence-corrected chi connectivity index (χ1v) is 9.87. The third-order valence-corrected chi connectivity index (χ3v) is 5.42. The Labute approximate surface area is 172 Å². The van der Waals surface area contributed by atoms with Crippen LogP contribution < -0.4 is 10.0 Å². The minimum atomic E-state index is -0.133. The van der Waals surface area contributed by atoms with Gasteiger partial charge in [0.25, 0.3) is 5.91 Å². The Bertz CT molecular complexity index is 1210. The molecule has 1 heterocycles. The van der Waals surface area contributed by atoms with E-state index in [9.17, 15) is 10.1 Å². The number of carbonyl (C=O) groups is 1. The minimum absolute atomic E-state index is 0.133. The number of nitrogens with zero attached hydrogens (tertiary/aromatic N) is 1. The van der Waals surface area contributed by atoms with Crippen molar-refractivity contribution in [2.45, 2.75) is 11.8 Å². The van der Waals surface area contributed by atoms with Crippen LogP contribution in [-0.2, 0) is 0 Å². The van der Waals surface area contributed by atoms with Crippen molar-refractivity contribution in [3.8, 4) is 6.07 Å². The topological polar surface area (TPSA) is 80.7 Å². The van der Waals surface area contributed by atoms with Gasteiger partial charge in [-0.05, 0) is 66.9 Å². The van der Waals surface area contributed by atoms with E-state index in [0.717, 1.165) is 32.7 Å². The molecule has 0 radical (unpaired) electrons.